The Balaban J connectivity index is 2.38. The van der Waals surface area contributed by atoms with Crippen LogP contribution in [0, 0.1) is 5.82 Å². The molecule has 0 aliphatic rings. The lowest BCUT2D eigenvalue weighted by molar-refractivity contribution is -0.139. The number of carboxylic acids is 1. The highest BCUT2D eigenvalue weighted by atomic mass is 19.1. The molecule has 1 rings (SSSR count). The molecule has 0 heterocycles. The van der Waals surface area contributed by atoms with Crippen molar-refractivity contribution in [3.63, 3.8) is 0 Å². The lowest BCUT2D eigenvalue weighted by Crippen LogP contribution is -2.40. The molecular formula is C13H18FNO2. The maximum atomic E-state index is 12.9. The van der Waals surface area contributed by atoms with Crippen molar-refractivity contribution in [1.29, 1.82) is 0 Å². The predicted molar refractivity (Wildman–Crippen MR) is 64.4 cm³/mol. The van der Waals surface area contributed by atoms with Crippen LogP contribution in [0.15, 0.2) is 24.3 Å². The van der Waals surface area contributed by atoms with Gasteiger partial charge in [-0.2, -0.15) is 0 Å². The van der Waals surface area contributed by atoms with E-state index in [2.05, 4.69) is 5.32 Å². The van der Waals surface area contributed by atoms with Gasteiger partial charge in [-0.3, -0.25) is 4.79 Å². The summed E-state index contributed by atoms with van der Waals surface area (Å²) in [6.45, 7) is 3.54. The molecule has 0 aliphatic heterocycles. The number of hydrogen-bond acceptors (Lipinski definition) is 2. The molecule has 94 valence electrons. The van der Waals surface area contributed by atoms with Gasteiger partial charge in [-0.1, -0.05) is 12.1 Å². The quantitative estimate of drug-likeness (QED) is 0.800. The molecule has 0 amide bonds. The fourth-order valence-electron chi connectivity index (χ4n) is 1.66. The van der Waals surface area contributed by atoms with Gasteiger partial charge in [-0.15, -0.1) is 0 Å². The average molecular weight is 239 g/mol. The average Bonchev–Trinajstić information content (AvgIpc) is 2.26. The Hall–Kier alpha value is -1.42. The third-order valence-corrected chi connectivity index (χ3v) is 2.66. The number of carboxylic acid groups (broad SMARTS) is 1. The zero-order chi connectivity index (χ0) is 12.8. The van der Waals surface area contributed by atoms with Crippen molar-refractivity contribution in [3.8, 4) is 0 Å². The van der Waals surface area contributed by atoms with Crippen LogP contribution in [-0.2, 0) is 11.2 Å². The Kier molecular flexibility index (Phi) is 5.10. The molecule has 1 aromatic rings. The van der Waals surface area contributed by atoms with Crippen molar-refractivity contribution in [2.24, 2.45) is 0 Å². The summed E-state index contributed by atoms with van der Waals surface area (Å²) in [5.41, 5.74) is 0.932. The maximum Gasteiger partial charge on any atom is 0.320 e. The van der Waals surface area contributed by atoms with Gasteiger partial charge < -0.3 is 10.4 Å². The van der Waals surface area contributed by atoms with Crippen molar-refractivity contribution in [1.82, 2.24) is 5.32 Å². The number of aliphatic carboxylic acids is 1. The summed E-state index contributed by atoms with van der Waals surface area (Å²) in [7, 11) is 0. The van der Waals surface area contributed by atoms with Crippen LogP contribution in [0.1, 0.15) is 25.8 Å². The number of carbonyl (C=O) groups is 1. The van der Waals surface area contributed by atoms with Crippen LogP contribution in [0.4, 0.5) is 4.39 Å². The Morgan fingerprint density at radius 1 is 1.47 bits per heavy atom. The molecule has 1 unspecified atom stereocenters. The number of rotatable bonds is 6. The molecule has 0 aromatic heterocycles. The monoisotopic (exact) mass is 239 g/mol. The minimum atomic E-state index is -0.859. The molecule has 2 atom stereocenters. The molecule has 0 saturated carbocycles. The van der Waals surface area contributed by atoms with Crippen molar-refractivity contribution in [2.75, 3.05) is 0 Å². The van der Waals surface area contributed by atoms with Crippen molar-refractivity contribution in [3.05, 3.63) is 35.6 Å². The molecule has 0 bridgehead atoms. The Morgan fingerprint density at radius 3 is 2.76 bits per heavy atom. The second kappa shape index (κ2) is 6.35. The van der Waals surface area contributed by atoms with E-state index in [1.807, 2.05) is 13.0 Å². The minimum absolute atomic E-state index is 0.0874. The van der Waals surface area contributed by atoms with Gasteiger partial charge in [0.25, 0.3) is 0 Å². The second-order valence-electron chi connectivity index (χ2n) is 4.30. The van der Waals surface area contributed by atoms with Crippen LogP contribution in [0.5, 0.6) is 0 Å². The van der Waals surface area contributed by atoms with Gasteiger partial charge in [0.2, 0.25) is 0 Å². The Bertz CT molecular complexity index is 381. The Morgan fingerprint density at radius 2 is 2.18 bits per heavy atom. The molecule has 17 heavy (non-hydrogen) atoms. The standard InChI is InChI=1S/C13H18FNO2/c1-9(15-10(2)13(16)17)6-7-11-4-3-5-12(14)8-11/h3-5,8-10,15H,6-7H2,1-2H3,(H,16,17)/t9?,10-/m1/s1. The molecule has 2 N–H and O–H groups in total. The van der Waals surface area contributed by atoms with E-state index >= 15 is 0 Å². The van der Waals surface area contributed by atoms with Crippen molar-refractivity contribution >= 4 is 5.97 Å². The molecule has 1 aromatic carbocycles. The first-order valence-electron chi connectivity index (χ1n) is 5.72. The topological polar surface area (TPSA) is 49.3 Å². The van der Waals surface area contributed by atoms with Gasteiger partial charge in [0.15, 0.2) is 0 Å². The van der Waals surface area contributed by atoms with Gasteiger partial charge in [0.1, 0.15) is 11.9 Å². The smallest absolute Gasteiger partial charge is 0.320 e. The van der Waals surface area contributed by atoms with Crippen LogP contribution in [0.2, 0.25) is 0 Å². The molecule has 0 radical (unpaired) electrons. The largest absolute Gasteiger partial charge is 0.480 e. The summed E-state index contributed by atoms with van der Waals surface area (Å²) in [5, 5.41) is 11.7. The molecule has 0 aliphatic carbocycles. The minimum Gasteiger partial charge on any atom is -0.480 e. The Labute approximate surface area is 101 Å². The first-order valence-corrected chi connectivity index (χ1v) is 5.72. The summed E-state index contributed by atoms with van der Waals surface area (Å²) in [5.74, 6) is -1.09. The van der Waals surface area contributed by atoms with E-state index in [-0.39, 0.29) is 11.9 Å². The summed E-state index contributed by atoms with van der Waals surface area (Å²) in [4.78, 5) is 10.6. The van der Waals surface area contributed by atoms with Crippen LogP contribution in [0.3, 0.4) is 0 Å². The molecular weight excluding hydrogens is 221 g/mol. The third-order valence-electron chi connectivity index (χ3n) is 2.66. The van der Waals surface area contributed by atoms with Crippen LogP contribution >= 0.6 is 0 Å². The van der Waals surface area contributed by atoms with Crippen molar-refractivity contribution in [2.45, 2.75) is 38.8 Å². The number of benzene rings is 1. The highest BCUT2D eigenvalue weighted by Crippen LogP contribution is 2.08. The second-order valence-corrected chi connectivity index (χ2v) is 4.30. The normalized spacial score (nSPS) is 14.3. The van der Waals surface area contributed by atoms with Gasteiger partial charge in [0.05, 0.1) is 0 Å². The van der Waals surface area contributed by atoms with Crippen molar-refractivity contribution < 1.29 is 14.3 Å². The van der Waals surface area contributed by atoms with Crippen LogP contribution < -0.4 is 5.32 Å². The number of aryl methyl sites for hydroxylation is 1. The number of halogens is 1. The zero-order valence-electron chi connectivity index (χ0n) is 10.1. The summed E-state index contributed by atoms with van der Waals surface area (Å²) < 4.78 is 12.9. The predicted octanol–water partition coefficient (Wildman–Crippen LogP) is 2.21. The number of hydrogen-bond donors (Lipinski definition) is 2. The van der Waals surface area contributed by atoms with Gasteiger partial charge in [0, 0.05) is 6.04 Å². The van der Waals surface area contributed by atoms with Gasteiger partial charge in [-0.25, -0.2) is 4.39 Å². The van der Waals surface area contributed by atoms with Gasteiger partial charge in [-0.05, 0) is 44.4 Å². The maximum absolute atomic E-state index is 12.9. The van der Waals surface area contributed by atoms with E-state index in [1.165, 1.54) is 12.1 Å². The van der Waals surface area contributed by atoms with E-state index in [0.717, 1.165) is 18.4 Å². The molecule has 4 heteroatoms. The lowest BCUT2D eigenvalue weighted by atomic mass is 10.1. The highest BCUT2D eigenvalue weighted by molar-refractivity contribution is 5.72. The first kappa shape index (κ1) is 13.6. The van der Waals surface area contributed by atoms with E-state index in [1.54, 1.807) is 13.0 Å². The van der Waals surface area contributed by atoms with E-state index < -0.39 is 12.0 Å². The summed E-state index contributed by atoms with van der Waals surface area (Å²) in [6, 6.07) is 6.01. The molecule has 0 saturated heterocycles. The summed E-state index contributed by atoms with van der Waals surface area (Å²) in [6.07, 6.45) is 1.51. The van der Waals surface area contributed by atoms with Crippen LogP contribution in [-0.4, -0.2) is 23.2 Å². The highest BCUT2D eigenvalue weighted by Gasteiger charge is 2.13. The van der Waals surface area contributed by atoms with Crippen LogP contribution in [0.25, 0.3) is 0 Å². The zero-order valence-corrected chi connectivity index (χ0v) is 10.1. The molecule has 0 spiro atoms. The fraction of sp³-hybridized carbons (Fsp3) is 0.462. The molecule has 3 nitrogen and oxygen atoms in total. The number of nitrogens with one attached hydrogen (secondary N) is 1. The first-order chi connectivity index (χ1) is 7.99. The van der Waals surface area contributed by atoms with Gasteiger partial charge >= 0.3 is 5.97 Å². The summed E-state index contributed by atoms with van der Waals surface area (Å²) >= 11 is 0. The fourth-order valence-corrected chi connectivity index (χ4v) is 1.66. The van der Waals surface area contributed by atoms with E-state index in [9.17, 15) is 9.18 Å². The SMILES string of the molecule is CC(CCc1cccc(F)c1)N[C@H](C)C(=O)O. The third kappa shape index (κ3) is 4.95. The van der Waals surface area contributed by atoms with E-state index in [4.69, 9.17) is 5.11 Å². The lowest BCUT2D eigenvalue weighted by Gasteiger charge is -2.16. The van der Waals surface area contributed by atoms with E-state index in [0.29, 0.717) is 0 Å². The molecule has 0 fully saturated rings.